The van der Waals surface area contributed by atoms with Crippen LogP contribution in [-0.4, -0.2) is 30.2 Å². The van der Waals surface area contributed by atoms with Crippen LogP contribution in [0.25, 0.3) is 0 Å². The van der Waals surface area contributed by atoms with E-state index in [0.29, 0.717) is 12.1 Å². The van der Waals surface area contributed by atoms with E-state index in [0.717, 1.165) is 55.0 Å². The fourth-order valence-electron chi connectivity index (χ4n) is 6.05. The van der Waals surface area contributed by atoms with Gasteiger partial charge in [-0.3, -0.25) is 4.79 Å². The van der Waals surface area contributed by atoms with Crippen LogP contribution in [-0.2, 0) is 24.8 Å². The zero-order valence-electron chi connectivity index (χ0n) is 32.0. The summed E-state index contributed by atoms with van der Waals surface area (Å²) < 4.78 is 26.8. The summed E-state index contributed by atoms with van der Waals surface area (Å²) in [7, 11) is 0. The zero-order valence-corrected chi connectivity index (χ0v) is 32.0. The molecular formula is C41H67F2N3O. The first-order valence-corrected chi connectivity index (χ1v) is 18.4. The van der Waals surface area contributed by atoms with Gasteiger partial charge in [0.2, 0.25) is 0 Å². The lowest BCUT2D eigenvalue weighted by Crippen LogP contribution is -2.53. The first kappa shape index (κ1) is 44.3. The van der Waals surface area contributed by atoms with Crippen LogP contribution in [0.3, 0.4) is 0 Å². The molecule has 2 aromatic carbocycles. The Balaban J connectivity index is 0.000000782. The smallest absolute Gasteiger partial charge is 0.250 e. The number of hydrogen-bond acceptors (Lipinski definition) is 4. The molecule has 2 aromatic rings. The largest absolute Gasteiger partial charge is 0.312 e. The quantitative estimate of drug-likeness (QED) is 0.140. The van der Waals surface area contributed by atoms with Gasteiger partial charge >= 0.3 is 0 Å². The lowest BCUT2D eigenvalue weighted by molar-refractivity contribution is -0.105. The van der Waals surface area contributed by atoms with Gasteiger partial charge in [0.25, 0.3) is 5.92 Å². The Labute approximate surface area is 287 Å². The van der Waals surface area contributed by atoms with Crippen molar-refractivity contribution in [1.29, 1.82) is 0 Å². The Kier molecular flexibility index (Phi) is 22.2. The zero-order chi connectivity index (χ0) is 36.0. The van der Waals surface area contributed by atoms with Gasteiger partial charge in [0.15, 0.2) is 5.78 Å². The van der Waals surface area contributed by atoms with Gasteiger partial charge in [0.1, 0.15) is 0 Å². The highest BCUT2D eigenvalue weighted by Crippen LogP contribution is 2.54. The molecule has 0 atom stereocenters. The van der Waals surface area contributed by atoms with Crippen LogP contribution >= 0.6 is 0 Å². The van der Waals surface area contributed by atoms with Crippen LogP contribution in [0.4, 0.5) is 8.78 Å². The molecular weight excluding hydrogens is 588 g/mol. The number of alkyl halides is 2. The van der Waals surface area contributed by atoms with Crippen molar-refractivity contribution in [3.8, 4) is 0 Å². The highest BCUT2D eigenvalue weighted by atomic mass is 19.3. The van der Waals surface area contributed by atoms with E-state index in [1.807, 2.05) is 79.7 Å². The van der Waals surface area contributed by atoms with Gasteiger partial charge in [0.05, 0.1) is 0 Å². The maximum absolute atomic E-state index is 13.4. The molecule has 2 aliphatic rings. The van der Waals surface area contributed by atoms with E-state index in [-0.39, 0.29) is 18.6 Å². The Morgan fingerprint density at radius 3 is 2.11 bits per heavy atom. The van der Waals surface area contributed by atoms with E-state index in [4.69, 9.17) is 0 Å². The molecule has 4 rings (SSSR count). The van der Waals surface area contributed by atoms with Crippen LogP contribution in [0.15, 0.2) is 46.6 Å². The molecule has 2 aliphatic carbocycles. The number of ketones is 1. The van der Waals surface area contributed by atoms with Crippen molar-refractivity contribution in [3.05, 3.63) is 69.8 Å². The molecule has 4 nitrogen and oxygen atoms in total. The molecule has 0 heterocycles. The monoisotopic (exact) mass is 656 g/mol. The molecule has 2 fully saturated rings. The van der Waals surface area contributed by atoms with Gasteiger partial charge in [0, 0.05) is 48.7 Å². The first-order valence-electron chi connectivity index (χ1n) is 18.4. The van der Waals surface area contributed by atoms with Gasteiger partial charge in [-0.1, -0.05) is 111 Å². The normalized spacial score (nSPS) is 16.0. The minimum Gasteiger partial charge on any atom is -0.312 e. The Hall–Kier alpha value is -2.73. The summed E-state index contributed by atoms with van der Waals surface area (Å²) in [5.74, 6) is -1.44. The highest BCUT2D eigenvalue weighted by molar-refractivity contribution is 5.98. The summed E-state index contributed by atoms with van der Waals surface area (Å²) in [4.78, 5) is 12.3. The molecule has 0 amide bonds. The molecule has 2 saturated carbocycles. The number of aryl methyl sites for hydroxylation is 2. The molecule has 0 radical (unpaired) electrons. The molecule has 0 saturated heterocycles. The first-order chi connectivity index (χ1) is 22.6. The van der Waals surface area contributed by atoms with Crippen molar-refractivity contribution in [3.63, 3.8) is 0 Å². The standard InChI is InChI=1S/C20H31NO.C15H18F2N2.3C2H6/c1-4-8-17-11-16(14-21-13-15-9-7-10-15)12-19(18(17)5-2)20(22)6-3;1-4-18-19-12(3)14(9-15(16,17)10-14)13-7-5-6-11(2)8-13;3*1-2/h11-12,15,21H,4-10,13-14H2,1-3H3;4-8H,9-10H2,1-3H3;3*1-2H3/b;18-4-,19-12+;;;. The second kappa shape index (κ2) is 23.6. The maximum Gasteiger partial charge on any atom is 0.250 e. The number of carbonyl (C=O) groups is 1. The van der Waals surface area contributed by atoms with E-state index in [1.54, 1.807) is 20.1 Å². The molecule has 0 unspecified atom stereocenters. The minimum atomic E-state index is -2.60. The molecule has 0 aromatic heterocycles. The maximum atomic E-state index is 13.4. The predicted octanol–water partition coefficient (Wildman–Crippen LogP) is 11.9. The molecule has 6 heteroatoms. The summed E-state index contributed by atoms with van der Waals surface area (Å²) >= 11 is 0. The average Bonchev–Trinajstić information content (AvgIpc) is 3.06. The van der Waals surface area contributed by atoms with Crippen LogP contribution in [0.1, 0.15) is 159 Å². The molecule has 0 spiro atoms. The number of benzene rings is 2. The van der Waals surface area contributed by atoms with Crippen LogP contribution in [0, 0.1) is 12.8 Å². The number of nitrogens with one attached hydrogen (secondary N) is 1. The number of Topliss-reactive ketones (excluding diaryl/α,β-unsaturated/α-hetero) is 1. The molecule has 0 bridgehead atoms. The van der Waals surface area contributed by atoms with Gasteiger partial charge in [-0.05, 0) is 87.2 Å². The molecule has 1 N–H and O–H groups in total. The second-order valence-corrected chi connectivity index (χ2v) is 11.8. The average molecular weight is 656 g/mol. The summed E-state index contributed by atoms with van der Waals surface area (Å²) in [6.45, 7) is 25.8. The van der Waals surface area contributed by atoms with Gasteiger partial charge in [-0.15, -0.1) is 0 Å². The van der Waals surface area contributed by atoms with Crippen LogP contribution in [0.5, 0.6) is 0 Å². The van der Waals surface area contributed by atoms with E-state index < -0.39 is 11.3 Å². The number of halogens is 2. The number of nitrogens with zero attached hydrogens (tertiary/aromatic N) is 2. The van der Waals surface area contributed by atoms with E-state index in [9.17, 15) is 13.6 Å². The number of rotatable bonds is 12. The van der Waals surface area contributed by atoms with Crippen molar-refractivity contribution in [1.82, 2.24) is 5.32 Å². The summed E-state index contributed by atoms with van der Waals surface area (Å²) in [5, 5.41) is 11.5. The third kappa shape index (κ3) is 13.4. The van der Waals surface area contributed by atoms with Gasteiger partial charge in [-0.25, -0.2) is 8.78 Å². The van der Waals surface area contributed by atoms with Gasteiger partial charge < -0.3 is 5.32 Å². The molecule has 47 heavy (non-hydrogen) atoms. The summed E-state index contributed by atoms with van der Waals surface area (Å²) in [6.07, 6.45) is 9.09. The van der Waals surface area contributed by atoms with E-state index in [1.165, 1.54) is 36.0 Å². The SMILES string of the molecule is C/C=N\N=C(/C)C1(c2cccc(C)c2)CC(F)(F)C1.CC.CC.CC.CCCc1cc(CNCC2CCC2)cc(C(=O)CC)c1CC. The molecule has 0 aliphatic heterocycles. The second-order valence-electron chi connectivity index (χ2n) is 11.8. The Morgan fingerprint density at radius 1 is 1.00 bits per heavy atom. The van der Waals surface area contributed by atoms with Crippen molar-refractivity contribution in [2.75, 3.05) is 6.54 Å². The number of carbonyl (C=O) groups excluding carboxylic acids is 1. The van der Waals surface area contributed by atoms with Crippen LogP contribution < -0.4 is 5.32 Å². The van der Waals surface area contributed by atoms with E-state index >= 15 is 0 Å². The van der Waals surface area contributed by atoms with Gasteiger partial charge in [-0.2, -0.15) is 10.2 Å². The third-order valence-electron chi connectivity index (χ3n) is 8.59. The topological polar surface area (TPSA) is 53.8 Å². The van der Waals surface area contributed by atoms with Crippen molar-refractivity contribution in [2.24, 2.45) is 16.1 Å². The van der Waals surface area contributed by atoms with Crippen molar-refractivity contribution >= 4 is 17.7 Å². The lowest BCUT2D eigenvalue weighted by atomic mass is 9.59. The Morgan fingerprint density at radius 2 is 1.64 bits per heavy atom. The van der Waals surface area contributed by atoms with Crippen molar-refractivity contribution < 1.29 is 13.6 Å². The lowest BCUT2D eigenvalue weighted by Gasteiger charge is -2.47. The van der Waals surface area contributed by atoms with Crippen LogP contribution in [0.2, 0.25) is 0 Å². The Bertz CT molecular complexity index is 1220. The fourth-order valence-corrected chi connectivity index (χ4v) is 6.05. The fraction of sp³-hybridized carbons (Fsp3) is 0.634. The summed E-state index contributed by atoms with van der Waals surface area (Å²) in [5.41, 5.74) is 6.86. The highest BCUT2D eigenvalue weighted by Gasteiger charge is 2.59. The van der Waals surface area contributed by atoms with Crippen molar-refractivity contribution in [2.45, 2.75) is 159 Å². The predicted molar refractivity (Wildman–Crippen MR) is 202 cm³/mol. The molecule has 266 valence electrons. The minimum absolute atomic E-state index is 0.183. The number of hydrogen-bond donors (Lipinski definition) is 1. The van der Waals surface area contributed by atoms with E-state index in [2.05, 4.69) is 41.5 Å². The third-order valence-corrected chi connectivity index (χ3v) is 8.59. The summed E-state index contributed by atoms with van der Waals surface area (Å²) in [6, 6.07) is 12.2.